The van der Waals surface area contributed by atoms with E-state index in [1.165, 1.54) is 23.5 Å². The Balaban J connectivity index is 2.07. The van der Waals surface area contributed by atoms with Crippen LogP contribution in [0.3, 0.4) is 0 Å². The van der Waals surface area contributed by atoms with E-state index in [0.29, 0.717) is 11.0 Å². The Labute approximate surface area is 110 Å². The summed E-state index contributed by atoms with van der Waals surface area (Å²) < 4.78 is 14.1. The summed E-state index contributed by atoms with van der Waals surface area (Å²) in [5.74, 6) is -0.985. The second-order valence-electron chi connectivity index (χ2n) is 3.29. The zero-order chi connectivity index (χ0) is 12.3. The molecule has 1 heterocycles. The molecule has 0 aliphatic carbocycles. The van der Waals surface area contributed by atoms with E-state index in [9.17, 15) is 9.18 Å². The molecule has 0 fully saturated rings. The molecule has 1 N–H and O–H groups in total. The zero-order valence-electron chi connectivity index (χ0n) is 8.61. The number of hydrogen-bond acceptors (Lipinski definition) is 3. The Kier molecular flexibility index (Phi) is 3.86. The van der Waals surface area contributed by atoms with Gasteiger partial charge in [-0.1, -0.05) is 15.9 Å². The molecule has 0 saturated carbocycles. The lowest BCUT2D eigenvalue weighted by molar-refractivity contribution is 0.0946. The maximum absolute atomic E-state index is 13.4. The number of nitrogens with one attached hydrogen (secondary N) is 1. The zero-order valence-corrected chi connectivity index (χ0v) is 11.0. The monoisotopic (exact) mass is 314 g/mol. The third-order valence-corrected chi connectivity index (χ3v) is 3.22. The van der Waals surface area contributed by atoms with Crippen LogP contribution in [0.4, 0.5) is 4.39 Å². The molecule has 0 unspecified atom stereocenters. The summed E-state index contributed by atoms with van der Waals surface area (Å²) in [7, 11) is 0. The predicted octanol–water partition coefficient (Wildman–Crippen LogP) is 2.97. The molecule has 1 amide bonds. The highest BCUT2D eigenvalue weighted by Gasteiger charge is 2.11. The van der Waals surface area contributed by atoms with Crippen LogP contribution in [0.1, 0.15) is 16.1 Å². The molecular formula is C11H8BrFN2OS. The van der Waals surface area contributed by atoms with Crippen LogP contribution >= 0.6 is 27.3 Å². The lowest BCUT2D eigenvalue weighted by atomic mass is 10.2. The highest BCUT2D eigenvalue weighted by molar-refractivity contribution is 9.10. The van der Waals surface area contributed by atoms with E-state index in [-0.39, 0.29) is 5.56 Å². The van der Waals surface area contributed by atoms with Gasteiger partial charge in [-0.2, -0.15) is 0 Å². The van der Waals surface area contributed by atoms with E-state index in [1.54, 1.807) is 11.6 Å². The third kappa shape index (κ3) is 3.10. The normalized spacial score (nSPS) is 10.2. The van der Waals surface area contributed by atoms with Gasteiger partial charge in [-0.25, -0.2) is 9.37 Å². The van der Waals surface area contributed by atoms with E-state index in [4.69, 9.17) is 0 Å². The molecular weight excluding hydrogens is 307 g/mol. The lowest BCUT2D eigenvalue weighted by Crippen LogP contribution is -2.24. The van der Waals surface area contributed by atoms with Crippen LogP contribution in [0, 0.1) is 5.82 Å². The summed E-state index contributed by atoms with van der Waals surface area (Å²) in [4.78, 5) is 15.7. The Morgan fingerprint density at radius 2 is 2.35 bits per heavy atom. The van der Waals surface area contributed by atoms with E-state index in [2.05, 4.69) is 26.2 Å². The van der Waals surface area contributed by atoms with E-state index in [0.717, 1.165) is 5.69 Å². The Morgan fingerprint density at radius 3 is 3.06 bits per heavy atom. The molecule has 2 rings (SSSR count). The van der Waals surface area contributed by atoms with Crippen molar-refractivity contribution in [2.24, 2.45) is 0 Å². The van der Waals surface area contributed by atoms with Crippen molar-refractivity contribution in [1.29, 1.82) is 0 Å². The topological polar surface area (TPSA) is 42.0 Å². The highest BCUT2D eigenvalue weighted by Crippen LogP contribution is 2.15. The first-order chi connectivity index (χ1) is 8.16. The molecule has 6 heteroatoms. The van der Waals surface area contributed by atoms with Gasteiger partial charge in [-0.05, 0) is 18.2 Å². The SMILES string of the molecule is O=C(NCc1cscn1)c1cc(Br)ccc1F. The van der Waals surface area contributed by atoms with Crippen molar-refractivity contribution in [1.82, 2.24) is 10.3 Å². The molecule has 0 bridgehead atoms. The van der Waals surface area contributed by atoms with Gasteiger partial charge in [0.05, 0.1) is 23.3 Å². The molecule has 17 heavy (non-hydrogen) atoms. The van der Waals surface area contributed by atoms with Gasteiger partial charge in [0.1, 0.15) is 5.82 Å². The number of amides is 1. The fraction of sp³-hybridized carbons (Fsp3) is 0.0909. The fourth-order valence-electron chi connectivity index (χ4n) is 1.26. The first-order valence-electron chi connectivity index (χ1n) is 4.77. The van der Waals surface area contributed by atoms with Crippen LogP contribution in [-0.4, -0.2) is 10.9 Å². The summed E-state index contributed by atoms with van der Waals surface area (Å²) in [6.45, 7) is 0.300. The van der Waals surface area contributed by atoms with Gasteiger partial charge < -0.3 is 5.32 Å². The first-order valence-corrected chi connectivity index (χ1v) is 6.50. The first kappa shape index (κ1) is 12.2. The van der Waals surface area contributed by atoms with Crippen molar-refractivity contribution < 1.29 is 9.18 Å². The largest absolute Gasteiger partial charge is 0.346 e. The standard InChI is InChI=1S/C11H8BrFN2OS/c12-7-1-2-10(13)9(3-7)11(16)14-4-8-5-17-6-15-8/h1-3,5-6H,4H2,(H,14,16). The van der Waals surface area contributed by atoms with E-state index in [1.807, 2.05) is 5.38 Å². The number of rotatable bonds is 3. The molecule has 88 valence electrons. The van der Waals surface area contributed by atoms with Crippen molar-refractivity contribution in [3.63, 3.8) is 0 Å². The molecule has 1 aromatic heterocycles. The molecule has 3 nitrogen and oxygen atoms in total. The van der Waals surface area contributed by atoms with Gasteiger partial charge in [0.25, 0.3) is 5.91 Å². The lowest BCUT2D eigenvalue weighted by Gasteiger charge is -2.05. The summed E-state index contributed by atoms with van der Waals surface area (Å²) in [5, 5.41) is 4.44. The quantitative estimate of drug-likeness (QED) is 0.946. The molecule has 2 aromatic rings. The molecule has 1 aromatic carbocycles. The Morgan fingerprint density at radius 1 is 1.53 bits per heavy atom. The number of aromatic nitrogens is 1. The van der Waals surface area contributed by atoms with Crippen LogP contribution in [0.25, 0.3) is 0 Å². The van der Waals surface area contributed by atoms with Crippen molar-refractivity contribution >= 4 is 33.2 Å². The van der Waals surface area contributed by atoms with Crippen LogP contribution in [0.2, 0.25) is 0 Å². The number of nitrogens with zero attached hydrogens (tertiary/aromatic N) is 1. The van der Waals surface area contributed by atoms with Crippen LogP contribution < -0.4 is 5.32 Å². The predicted molar refractivity (Wildman–Crippen MR) is 67.4 cm³/mol. The summed E-state index contributed by atoms with van der Waals surface area (Å²) in [6, 6.07) is 4.25. The second kappa shape index (κ2) is 5.37. The van der Waals surface area contributed by atoms with Gasteiger partial charge in [-0.3, -0.25) is 4.79 Å². The second-order valence-corrected chi connectivity index (χ2v) is 4.92. The molecule has 0 spiro atoms. The maximum Gasteiger partial charge on any atom is 0.254 e. The van der Waals surface area contributed by atoms with E-state index >= 15 is 0 Å². The number of hydrogen-bond donors (Lipinski definition) is 1. The summed E-state index contributed by atoms with van der Waals surface area (Å²) in [5.41, 5.74) is 2.47. The van der Waals surface area contributed by atoms with Gasteiger partial charge in [-0.15, -0.1) is 11.3 Å². The minimum atomic E-state index is -0.538. The van der Waals surface area contributed by atoms with Gasteiger partial charge in [0.2, 0.25) is 0 Å². The average molecular weight is 315 g/mol. The smallest absolute Gasteiger partial charge is 0.254 e. The van der Waals surface area contributed by atoms with Gasteiger partial charge >= 0.3 is 0 Å². The number of carbonyl (C=O) groups is 1. The maximum atomic E-state index is 13.4. The van der Waals surface area contributed by atoms with Gasteiger partial charge in [0.15, 0.2) is 0 Å². The fourth-order valence-corrected chi connectivity index (χ4v) is 2.18. The molecule has 0 radical (unpaired) electrons. The van der Waals surface area contributed by atoms with Crippen LogP contribution in [0.5, 0.6) is 0 Å². The van der Waals surface area contributed by atoms with Crippen molar-refractivity contribution in [3.05, 3.63) is 50.6 Å². The summed E-state index contributed by atoms with van der Waals surface area (Å²) in [6.07, 6.45) is 0. The molecule has 0 aliphatic rings. The van der Waals surface area contributed by atoms with Crippen molar-refractivity contribution in [3.8, 4) is 0 Å². The highest BCUT2D eigenvalue weighted by atomic mass is 79.9. The summed E-state index contributed by atoms with van der Waals surface area (Å²) >= 11 is 4.65. The minimum absolute atomic E-state index is 0.0228. The van der Waals surface area contributed by atoms with Crippen LogP contribution in [0.15, 0.2) is 33.6 Å². The molecule has 0 aliphatic heterocycles. The van der Waals surface area contributed by atoms with Crippen LogP contribution in [-0.2, 0) is 6.54 Å². The van der Waals surface area contributed by atoms with Gasteiger partial charge in [0, 0.05) is 9.85 Å². The Hall–Kier alpha value is -1.27. The van der Waals surface area contributed by atoms with E-state index < -0.39 is 11.7 Å². The average Bonchev–Trinajstić information content (AvgIpc) is 2.82. The van der Waals surface area contributed by atoms with Crippen molar-refractivity contribution in [2.75, 3.05) is 0 Å². The third-order valence-electron chi connectivity index (χ3n) is 2.09. The molecule has 0 saturated heterocycles. The number of thiazole rings is 1. The van der Waals surface area contributed by atoms with Crippen molar-refractivity contribution in [2.45, 2.75) is 6.54 Å². The number of benzene rings is 1. The Bertz CT molecular complexity index is 530. The number of halogens is 2. The number of carbonyl (C=O) groups excluding carboxylic acids is 1. The minimum Gasteiger partial charge on any atom is -0.346 e. The molecule has 0 atom stereocenters.